The summed E-state index contributed by atoms with van der Waals surface area (Å²) < 4.78 is 0. The maximum atomic E-state index is 10.4. The van der Waals surface area contributed by atoms with Crippen LogP contribution in [0.2, 0.25) is 5.02 Å². The Morgan fingerprint density at radius 2 is 1.92 bits per heavy atom. The molecule has 0 aliphatic carbocycles. The topological polar surface area (TPSA) is 89.3 Å². The highest BCUT2D eigenvalue weighted by molar-refractivity contribution is 6.34. The minimum Gasteiger partial charge on any atom is -0.481 e. The van der Waals surface area contributed by atoms with E-state index in [4.69, 9.17) is 28.2 Å². The van der Waals surface area contributed by atoms with Gasteiger partial charge >= 0.3 is 5.97 Å². The zero-order valence-corrected chi connectivity index (χ0v) is 7.51. The van der Waals surface area contributed by atoms with Gasteiger partial charge in [0.1, 0.15) is 0 Å². The van der Waals surface area contributed by atoms with E-state index < -0.39 is 5.97 Å². The van der Waals surface area contributed by atoms with Gasteiger partial charge in [-0.1, -0.05) is 11.6 Å². The summed E-state index contributed by atoms with van der Waals surface area (Å²) >= 11 is 5.77. The molecule has 1 aromatic rings. The standard InChI is InChI=1S/C8H9ClN2O2/c9-8-4(3-7(12)13)5(10)1-2-6(8)11/h1-2H,3,10-11H2,(H,12,13). The zero-order chi connectivity index (χ0) is 10.0. The summed E-state index contributed by atoms with van der Waals surface area (Å²) in [4.78, 5) is 10.4. The van der Waals surface area contributed by atoms with Crippen molar-refractivity contribution in [2.45, 2.75) is 6.42 Å². The zero-order valence-electron chi connectivity index (χ0n) is 6.75. The van der Waals surface area contributed by atoms with Gasteiger partial charge in [-0.3, -0.25) is 4.79 Å². The molecule has 0 spiro atoms. The van der Waals surface area contributed by atoms with Gasteiger partial charge in [0.25, 0.3) is 0 Å². The van der Waals surface area contributed by atoms with Crippen LogP contribution in [0.5, 0.6) is 0 Å². The molecule has 0 saturated carbocycles. The highest BCUT2D eigenvalue weighted by Crippen LogP contribution is 2.28. The fraction of sp³-hybridized carbons (Fsp3) is 0.125. The SMILES string of the molecule is Nc1ccc(N)c(CC(=O)O)c1Cl. The van der Waals surface area contributed by atoms with Crippen LogP contribution in [0, 0.1) is 0 Å². The number of hydrogen-bond donors (Lipinski definition) is 3. The lowest BCUT2D eigenvalue weighted by Crippen LogP contribution is -2.05. The van der Waals surface area contributed by atoms with Crippen molar-refractivity contribution in [2.75, 3.05) is 11.5 Å². The maximum Gasteiger partial charge on any atom is 0.307 e. The minimum absolute atomic E-state index is 0.213. The summed E-state index contributed by atoms with van der Waals surface area (Å²) in [5, 5.41) is 8.78. The molecule has 0 heterocycles. The summed E-state index contributed by atoms with van der Waals surface area (Å²) in [6.07, 6.45) is -0.213. The highest BCUT2D eigenvalue weighted by atomic mass is 35.5. The third-order valence-corrected chi connectivity index (χ3v) is 2.08. The molecule has 0 aromatic heterocycles. The molecular formula is C8H9ClN2O2. The molecule has 0 amide bonds. The number of nitrogen functional groups attached to an aromatic ring is 2. The molecule has 5 heteroatoms. The largest absolute Gasteiger partial charge is 0.481 e. The normalized spacial score (nSPS) is 9.92. The van der Waals surface area contributed by atoms with Crippen molar-refractivity contribution in [2.24, 2.45) is 0 Å². The number of carboxylic acids is 1. The quantitative estimate of drug-likeness (QED) is 0.625. The molecule has 13 heavy (non-hydrogen) atoms. The van der Waals surface area contributed by atoms with Crippen molar-refractivity contribution in [3.05, 3.63) is 22.7 Å². The van der Waals surface area contributed by atoms with E-state index in [-0.39, 0.29) is 11.4 Å². The van der Waals surface area contributed by atoms with Crippen molar-refractivity contribution in [3.8, 4) is 0 Å². The Kier molecular flexibility index (Phi) is 2.63. The molecule has 1 aromatic carbocycles. The summed E-state index contributed by atoms with van der Waals surface area (Å²) in [5.41, 5.74) is 12.1. The number of hydrogen-bond acceptors (Lipinski definition) is 3. The number of anilines is 2. The van der Waals surface area contributed by atoms with E-state index >= 15 is 0 Å². The second-order valence-electron chi connectivity index (χ2n) is 2.61. The van der Waals surface area contributed by atoms with Gasteiger partial charge in [-0.05, 0) is 12.1 Å². The number of carbonyl (C=O) groups is 1. The summed E-state index contributed by atoms with van der Waals surface area (Å²) in [6.45, 7) is 0. The van der Waals surface area contributed by atoms with E-state index in [2.05, 4.69) is 0 Å². The Hall–Kier alpha value is -1.42. The first-order valence-electron chi connectivity index (χ1n) is 3.56. The number of carboxylic acid groups (broad SMARTS) is 1. The summed E-state index contributed by atoms with van der Waals surface area (Å²) in [6, 6.07) is 3.09. The van der Waals surface area contributed by atoms with Gasteiger partial charge in [-0.2, -0.15) is 0 Å². The molecule has 0 unspecified atom stereocenters. The molecule has 4 nitrogen and oxygen atoms in total. The molecular weight excluding hydrogens is 192 g/mol. The van der Waals surface area contributed by atoms with Crippen LogP contribution in [-0.2, 0) is 11.2 Å². The van der Waals surface area contributed by atoms with E-state index in [0.717, 1.165) is 0 Å². The molecule has 0 radical (unpaired) electrons. The lowest BCUT2D eigenvalue weighted by Gasteiger charge is -2.07. The first-order valence-corrected chi connectivity index (χ1v) is 3.94. The third kappa shape index (κ3) is 2.03. The van der Waals surface area contributed by atoms with Crippen molar-refractivity contribution in [3.63, 3.8) is 0 Å². The van der Waals surface area contributed by atoms with Crippen LogP contribution in [0.4, 0.5) is 11.4 Å². The van der Waals surface area contributed by atoms with Crippen LogP contribution in [-0.4, -0.2) is 11.1 Å². The van der Waals surface area contributed by atoms with Gasteiger partial charge in [0.05, 0.1) is 17.1 Å². The van der Waals surface area contributed by atoms with E-state index in [1.54, 1.807) is 12.1 Å². The highest BCUT2D eigenvalue weighted by Gasteiger charge is 2.11. The second kappa shape index (κ2) is 3.53. The van der Waals surface area contributed by atoms with Crippen molar-refractivity contribution >= 4 is 28.9 Å². The minimum atomic E-state index is -0.987. The van der Waals surface area contributed by atoms with Gasteiger partial charge in [0, 0.05) is 11.3 Å². The van der Waals surface area contributed by atoms with Crippen LogP contribution in [0.3, 0.4) is 0 Å². The number of halogens is 1. The third-order valence-electron chi connectivity index (χ3n) is 1.64. The average molecular weight is 201 g/mol. The first-order chi connectivity index (χ1) is 6.02. The Morgan fingerprint density at radius 1 is 1.38 bits per heavy atom. The molecule has 5 N–H and O–H groups in total. The molecule has 0 atom stereocenters. The fourth-order valence-electron chi connectivity index (χ4n) is 0.985. The Labute approximate surface area is 80.1 Å². The lowest BCUT2D eigenvalue weighted by molar-refractivity contribution is -0.136. The number of nitrogens with two attached hydrogens (primary N) is 2. The molecule has 0 aliphatic heterocycles. The van der Waals surface area contributed by atoms with Crippen LogP contribution in [0.25, 0.3) is 0 Å². The molecule has 0 bridgehead atoms. The van der Waals surface area contributed by atoms with Crippen molar-refractivity contribution in [1.82, 2.24) is 0 Å². The Morgan fingerprint density at radius 3 is 2.46 bits per heavy atom. The first kappa shape index (κ1) is 9.67. The van der Waals surface area contributed by atoms with Gasteiger partial charge < -0.3 is 16.6 Å². The molecule has 0 aliphatic rings. The van der Waals surface area contributed by atoms with E-state index in [0.29, 0.717) is 16.9 Å². The monoisotopic (exact) mass is 200 g/mol. The Bertz CT molecular complexity index is 352. The number of aliphatic carboxylic acids is 1. The summed E-state index contributed by atoms with van der Waals surface area (Å²) in [7, 11) is 0. The lowest BCUT2D eigenvalue weighted by atomic mass is 10.1. The molecule has 70 valence electrons. The van der Waals surface area contributed by atoms with Crippen LogP contribution in [0.1, 0.15) is 5.56 Å². The molecule has 0 saturated heterocycles. The van der Waals surface area contributed by atoms with E-state index in [1.807, 2.05) is 0 Å². The van der Waals surface area contributed by atoms with Gasteiger partial charge in [0.2, 0.25) is 0 Å². The van der Waals surface area contributed by atoms with Gasteiger partial charge in [0.15, 0.2) is 0 Å². The van der Waals surface area contributed by atoms with E-state index in [1.165, 1.54) is 0 Å². The summed E-state index contributed by atoms with van der Waals surface area (Å²) in [5.74, 6) is -0.987. The van der Waals surface area contributed by atoms with Crippen LogP contribution < -0.4 is 11.5 Å². The smallest absolute Gasteiger partial charge is 0.307 e. The van der Waals surface area contributed by atoms with Crippen molar-refractivity contribution < 1.29 is 9.90 Å². The van der Waals surface area contributed by atoms with Gasteiger partial charge in [-0.15, -0.1) is 0 Å². The fourth-order valence-corrected chi connectivity index (χ4v) is 1.22. The van der Waals surface area contributed by atoms with Crippen LogP contribution >= 0.6 is 11.6 Å². The number of rotatable bonds is 2. The van der Waals surface area contributed by atoms with Crippen molar-refractivity contribution in [1.29, 1.82) is 0 Å². The van der Waals surface area contributed by atoms with Gasteiger partial charge in [-0.25, -0.2) is 0 Å². The average Bonchev–Trinajstić information content (AvgIpc) is 2.05. The number of benzene rings is 1. The van der Waals surface area contributed by atoms with Crippen LogP contribution in [0.15, 0.2) is 12.1 Å². The maximum absolute atomic E-state index is 10.4. The second-order valence-corrected chi connectivity index (χ2v) is 2.99. The predicted octanol–water partition coefficient (Wildman–Crippen LogP) is 1.13. The molecule has 1 rings (SSSR count). The predicted molar refractivity (Wildman–Crippen MR) is 51.6 cm³/mol. The van der Waals surface area contributed by atoms with E-state index in [9.17, 15) is 4.79 Å². The molecule has 0 fully saturated rings. The Balaban J connectivity index is 3.17.